The van der Waals surface area contributed by atoms with Gasteiger partial charge in [-0.05, 0) is 13.0 Å². The molecule has 7 heteroatoms. The van der Waals surface area contributed by atoms with Gasteiger partial charge in [-0.2, -0.15) is 0 Å². The summed E-state index contributed by atoms with van der Waals surface area (Å²) in [6.07, 6.45) is 0. The van der Waals surface area contributed by atoms with Crippen molar-refractivity contribution >= 4 is 9.84 Å². The zero-order chi connectivity index (χ0) is 16.3. The summed E-state index contributed by atoms with van der Waals surface area (Å²) in [5, 5.41) is 7.65. The largest absolute Gasteiger partial charge is 0.496 e. The molecule has 0 fully saturated rings. The molecule has 0 N–H and O–H groups in total. The van der Waals surface area contributed by atoms with E-state index in [1.165, 1.54) is 7.11 Å². The molecule has 0 radical (unpaired) electrons. The molecule has 0 saturated carbocycles. The second-order valence-corrected chi connectivity index (χ2v) is 7.60. The van der Waals surface area contributed by atoms with Gasteiger partial charge in [0.1, 0.15) is 11.5 Å². The number of aryl methyl sites for hydroxylation is 1. The van der Waals surface area contributed by atoms with Crippen molar-refractivity contribution in [2.45, 2.75) is 38.2 Å². The van der Waals surface area contributed by atoms with E-state index in [0.717, 1.165) is 5.56 Å². The number of hydrogen-bond donors (Lipinski definition) is 0. The minimum atomic E-state index is -3.43. The van der Waals surface area contributed by atoms with Gasteiger partial charge < -0.3 is 9.15 Å². The average molecular weight is 324 g/mol. The lowest BCUT2D eigenvalue weighted by atomic mass is 10.1. The Kier molecular flexibility index (Phi) is 4.85. The number of aromatic nitrogens is 2. The highest BCUT2D eigenvalue weighted by molar-refractivity contribution is 7.89. The lowest BCUT2D eigenvalue weighted by Crippen LogP contribution is -2.09. The fourth-order valence-electron chi connectivity index (χ4n) is 2.05. The van der Waals surface area contributed by atoms with Gasteiger partial charge in [-0.1, -0.05) is 31.5 Å². The molecule has 0 aliphatic carbocycles. The highest BCUT2D eigenvalue weighted by Crippen LogP contribution is 2.23. The predicted octanol–water partition coefficient (Wildman–Crippen LogP) is 2.63. The molecular formula is C15H20N2O4S. The molecule has 1 aromatic carbocycles. The molecular weight excluding hydrogens is 304 g/mol. The topological polar surface area (TPSA) is 82.3 Å². The van der Waals surface area contributed by atoms with Gasteiger partial charge in [-0.15, -0.1) is 10.2 Å². The molecule has 0 amide bonds. The Morgan fingerprint density at radius 1 is 1.23 bits per heavy atom. The Bertz CT molecular complexity index is 751. The van der Waals surface area contributed by atoms with Gasteiger partial charge in [-0.3, -0.25) is 0 Å². The van der Waals surface area contributed by atoms with Gasteiger partial charge in [0.2, 0.25) is 11.8 Å². The standard InChI is InChI=1S/C15H20N2O4S/c1-10(2)15-17-16-14(21-15)9-22(18,19)8-12-7-11(3)5-6-13(12)20-4/h5-7,10H,8-9H2,1-4H3. The van der Waals surface area contributed by atoms with Crippen LogP contribution in [0.5, 0.6) is 5.75 Å². The van der Waals surface area contributed by atoms with Crippen molar-refractivity contribution in [1.29, 1.82) is 0 Å². The number of nitrogens with zero attached hydrogens (tertiary/aromatic N) is 2. The van der Waals surface area contributed by atoms with Crippen LogP contribution in [0, 0.1) is 6.92 Å². The van der Waals surface area contributed by atoms with Crippen molar-refractivity contribution in [3.63, 3.8) is 0 Å². The van der Waals surface area contributed by atoms with Crippen LogP contribution in [0.15, 0.2) is 22.6 Å². The summed E-state index contributed by atoms with van der Waals surface area (Å²) in [6.45, 7) is 5.72. The number of methoxy groups -OCH3 is 1. The summed E-state index contributed by atoms with van der Waals surface area (Å²) in [5.74, 6) is 0.790. The maximum atomic E-state index is 12.3. The second kappa shape index (κ2) is 6.48. The van der Waals surface area contributed by atoms with Crippen LogP contribution in [0.3, 0.4) is 0 Å². The van der Waals surface area contributed by atoms with Gasteiger partial charge in [0, 0.05) is 11.5 Å². The highest BCUT2D eigenvalue weighted by atomic mass is 32.2. The zero-order valence-electron chi connectivity index (χ0n) is 13.2. The van der Waals surface area contributed by atoms with E-state index in [1.807, 2.05) is 32.9 Å². The first-order chi connectivity index (χ1) is 10.3. The molecule has 0 saturated heterocycles. The third-order valence-electron chi connectivity index (χ3n) is 3.13. The Balaban J connectivity index is 2.19. The van der Waals surface area contributed by atoms with Crippen LogP contribution >= 0.6 is 0 Å². The number of benzene rings is 1. The van der Waals surface area contributed by atoms with Crippen LogP contribution < -0.4 is 4.74 Å². The summed E-state index contributed by atoms with van der Waals surface area (Å²) in [4.78, 5) is 0. The lowest BCUT2D eigenvalue weighted by molar-refractivity contribution is 0.410. The van der Waals surface area contributed by atoms with Crippen LogP contribution in [0.4, 0.5) is 0 Å². The van der Waals surface area contributed by atoms with E-state index in [9.17, 15) is 8.42 Å². The van der Waals surface area contributed by atoms with Crippen molar-refractivity contribution in [3.05, 3.63) is 41.1 Å². The van der Waals surface area contributed by atoms with Gasteiger partial charge in [0.25, 0.3) is 0 Å². The maximum Gasteiger partial charge on any atom is 0.231 e. The number of hydrogen-bond acceptors (Lipinski definition) is 6. The maximum absolute atomic E-state index is 12.3. The number of sulfone groups is 1. The molecule has 0 unspecified atom stereocenters. The van der Waals surface area contributed by atoms with Crippen molar-refractivity contribution in [1.82, 2.24) is 10.2 Å². The third kappa shape index (κ3) is 4.07. The molecule has 0 aliphatic heterocycles. The van der Waals surface area contributed by atoms with E-state index in [1.54, 1.807) is 6.07 Å². The molecule has 0 atom stereocenters. The number of ether oxygens (including phenoxy) is 1. The minimum Gasteiger partial charge on any atom is -0.496 e. The highest BCUT2D eigenvalue weighted by Gasteiger charge is 2.20. The Hall–Kier alpha value is -1.89. The van der Waals surface area contributed by atoms with Crippen LogP contribution in [-0.4, -0.2) is 25.7 Å². The SMILES string of the molecule is COc1ccc(C)cc1CS(=O)(=O)Cc1nnc(C(C)C)o1. The van der Waals surface area contributed by atoms with Gasteiger partial charge >= 0.3 is 0 Å². The lowest BCUT2D eigenvalue weighted by Gasteiger charge is -2.09. The Labute approximate surface area is 130 Å². The first-order valence-corrected chi connectivity index (χ1v) is 8.79. The first kappa shape index (κ1) is 16.5. The molecule has 22 heavy (non-hydrogen) atoms. The molecule has 2 rings (SSSR count). The summed E-state index contributed by atoms with van der Waals surface area (Å²) in [7, 11) is -1.90. The Morgan fingerprint density at radius 3 is 2.55 bits per heavy atom. The molecule has 0 spiro atoms. The summed E-state index contributed by atoms with van der Waals surface area (Å²) >= 11 is 0. The minimum absolute atomic E-state index is 0.0702. The van der Waals surface area contributed by atoms with Crippen LogP contribution in [0.2, 0.25) is 0 Å². The van der Waals surface area contributed by atoms with E-state index < -0.39 is 9.84 Å². The van der Waals surface area contributed by atoms with E-state index in [2.05, 4.69) is 10.2 Å². The van der Waals surface area contributed by atoms with E-state index in [4.69, 9.17) is 9.15 Å². The monoisotopic (exact) mass is 324 g/mol. The predicted molar refractivity (Wildman–Crippen MR) is 82.4 cm³/mol. The van der Waals surface area contributed by atoms with Gasteiger partial charge in [0.15, 0.2) is 9.84 Å². The van der Waals surface area contributed by atoms with Crippen molar-refractivity contribution in [2.24, 2.45) is 0 Å². The second-order valence-electron chi connectivity index (χ2n) is 5.54. The number of rotatable bonds is 6. The molecule has 0 bridgehead atoms. The van der Waals surface area contributed by atoms with Crippen molar-refractivity contribution in [3.8, 4) is 5.75 Å². The van der Waals surface area contributed by atoms with E-state index in [-0.39, 0.29) is 23.3 Å². The van der Waals surface area contributed by atoms with E-state index in [0.29, 0.717) is 17.2 Å². The fourth-order valence-corrected chi connectivity index (χ4v) is 3.35. The molecule has 1 heterocycles. The quantitative estimate of drug-likeness (QED) is 0.812. The fraction of sp³-hybridized carbons (Fsp3) is 0.467. The summed E-state index contributed by atoms with van der Waals surface area (Å²) in [5.41, 5.74) is 1.61. The molecule has 1 aromatic heterocycles. The third-order valence-corrected chi connectivity index (χ3v) is 4.57. The summed E-state index contributed by atoms with van der Waals surface area (Å²) < 4.78 is 35.3. The smallest absolute Gasteiger partial charge is 0.231 e. The van der Waals surface area contributed by atoms with Crippen LogP contribution in [0.1, 0.15) is 42.7 Å². The van der Waals surface area contributed by atoms with Crippen LogP contribution in [0.25, 0.3) is 0 Å². The summed E-state index contributed by atoms with van der Waals surface area (Å²) in [6, 6.07) is 5.45. The molecule has 6 nitrogen and oxygen atoms in total. The van der Waals surface area contributed by atoms with Gasteiger partial charge in [-0.25, -0.2) is 8.42 Å². The zero-order valence-corrected chi connectivity index (χ0v) is 14.0. The van der Waals surface area contributed by atoms with Crippen molar-refractivity contribution < 1.29 is 17.6 Å². The Morgan fingerprint density at radius 2 is 1.95 bits per heavy atom. The molecule has 2 aromatic rings. The van der Waals surface area contributed by atoms with Gasteiger partial charge in [0.05, 0.1) is 12.9 Å². The molecule has 120 valence electrons. The normalized spacial score (nSPS) is 11.9. The van der Waals surface area contributed by atoms with Crippen LogP contribution in [-0.2, 0) is 21.3 Å². The van der Waals surface area contributed by atoms with Crippen molar-refractivity contribution in [2.75, 3.05) is 7.11 Å². The molecule has 0 aliphatic rings. The van der Waals surface area contributed by atoms with E-state index >= 15 is 0 Å². The average Bonchev–Trinajstić information content (AvgIpc) is 2.86. The first-order valence-electron chi connectivity index (χ1n) is 6.97.